The van der Waals surface area contributed by atoms with E-state index >= 15 is 0 Å². The van der Waals surface area contributed by atoms with E-state index in [1.165, 1.54) is 95.5 Å². The van der Waals surface area contributed by atoms with Gasteiger partial charge in [-0.3, -0.25) is 0 Å². The van der Waals surface area contributed by atoms with Gasteiger partial charge < -0.3 is 4.74 Å². The highest BCUT2D eigenvalue weighted by Crippen LogP contribution is 2.40. The molecule has 0 spiro atoms. The first-order valence-electron chi connectivity index (χ1n) is 14.3. The molecule has 0 heterocycles. The zero-order chi connectivity index (χ0) is 22.9. The van der Waals surface area contributed by atoms with Crippen LogP contribution in [0.3, 0.4) is 0 Å². The zero-order valence-corrected chi connectivity index (χ0v) is 21.2. The van der Waals surface area contributed by atoms with Gasteiger partial charge in [-0.2, -0.15) is 0 Å². The Hall–Kier alpha value is -1.50. The minimum atomic E-state index is 0.584. The molecule has 0 N–H and O–H groups in total. The Morgan fingerprint density at radius 3 is 2.24 bits per heavy atom. The van der Waals surface area contributed by atoms with Gasteiger partial charge in [-0.1, -0.05) is 75.8 Å². The van der Waals surface area contributed by atoms with Gasteiger partial charge in [0, 0.05) is 5.92 Å². The van der Waals surface area contributed by atoms with Crippen molar-refractivity contribution in [1.29, 1.82) is 0 Å². The van der Waals surface area contributed by atoms with Crippen LogP contribution >= 0.6 is 0 Å². The predicted octanol–water partition coefficient (Wildman–Crippen LogP) is 9.49. The third kappa shape index (κ3) is 7.24. The summed E-state index contributed by atoms with van der Waals surface area (Å²) in [4.78, 5) is 0. The van der Waals surface area contributed by atoms with Crippen molar-refractivity contribution in [1.82, 2.24) is 0 Å². The molecule has 1 nitrogen and oxygen atoms in total. The van der Waals surface area contributed by atoms with Gasteiger partial charge in [0.25, 0.3) is 0 Å². The molecule has 2 atom stereocenters. The molecular formula is C32H48O. The first kappa shape index (κ1) is 24.6. The standard InChI is InChI=1S/C32H48O/c1-3-5-6-7-26-10-16-29(17-11-26)30-18-12-27(13-19-30)24-33-32-22-20-31(21-23-32)28-14-8-25(4-2)9-15-28/h4,12,18,20-23,25-30H,2-3,5-11,13-17,19,24H2,1H3. The molecule has 0 saturated heterocycles. The zero-order valence-electron chi connectivity index (χ0n) is 21.2. The number of ether oxygens (including phenoxy) is 1. The van der Waals surface area contributed by atoms with E-state index in [1.807, 2.05) is 0 Å². The average molecular weight is 449 g/mol. The minimum Gasteiger partial charge on any atom is -0.493 e. The second-order valence-corrected chi connectivity index (χ2v) is 11.4. The Balaban J connectivity index is 1.16. The summed E-state index contributed by atoms with van der Waals surface area (Å²) in [6.45, 7) is 7.12. The van der Waals surface area contributed by atoms with Gasteiger partial charge in [0.1, 0.15) is 5.75 Å². The lowest BCUT2D eigenvalue weighted by molar-refractivity contribution is 0.192. The fourth-order valence-electron chi connectivity index (χ4n) is 6.75. The lowest BCUT2D eigenvalue weighted by atomic mass is 9.71. The third-order valence-electron chi connectivity index (χ3n) is 9.13. The van der Waals surface area contributed by atoms with Crippen molar-refractivity contribution in [3.05, 3.63) is 54.6 Å². The Kier molecular flexibility index (Phi) is 9.56. The van der Waals surface area contributed by atoms with Gasteiger partial charge in [0.05, 0.1) is 6.61 Å². The predicted molar refractivity (Wildman–Crippen MR) is 142 cm³/mol. The van der Waals surface area contributed by atoms with Gasteiger partial charge in [-0.15, -0.1) is 6.58 Å². The van der Waals surface area contributed by atoms with Crippen LogP contribution in [0, 0.1) is 29.6 Å². The first-order chi connectivity index (χ1) is 16.2. The average Bonchev–Trinajstić information content (AvgIpc) is 2.89. The molecule has 1 aromatic rings. The number of rotatable bonds is 10. The molecule has 4 rings (SSSR count). The van der Waals surface area contributed by atoms with Crippen molar-refractivity contribution >= 4 is 0 Å². The second-order valence-electron chi connectivity index (χ2n) is 11.4. The maximum atomic E-state index is 6.20. The molecule has 2 saturated carbocycles. The summed E-state index contributed by atoms with van der Waals surface area (Å²) in [7, 11) is 0. The molecule has 0 aromatic heterocycles. The largest absolute Gasteiger partial charge is 0.493 e. The summed E-state index contributed by atoms with van der Waals surface area (Å²) in [5, 5.41) is 0. The number of benzene rings is 1. The smallest absolute Gasteiger partial charge is 0.119 e. The molecule has 0 radical (unpaired) electrons. The molecule has 2 fully saturated rings. The Morgan fingerprint density at radius 1 is 0.848 bits per heavy atom. The van der Waals surface area contributed by atoms with E-state index in [2.05, 4.69) is 56.0 Å². The molecule has 1 heteroatoms. The third-order valence-corrected chi connectivity index (χ3v) is 9.13. The normalized spacial score (nSPS) is 32.4. The van der Waals surface area contributed by atoms with Crippen LogP contribution in [0.25, 0.3) is 0 Å². The Morgan fingerprint density at radius 2 is 1.61 bits per heavy atom. The Bertz CT molecular complexity index is 715. The summed E-state index contributed by atoms with van der Waals surface area (Å²) in [6, 6.07) is 9.01. The number of unbranched alkanes of at least 4 members (excludes halogenated alkanes) is 2. The van der Waals surface area contributed by atoms with E-state index in [-0.39, 0.29) is 0 Å². The van der Waals surface area contributed by atoms with Crippen molar-refractivity contribution in [2.45, 2.75) is 103 Å². The maximum absolute atomic E-state index is 6.20. The van der Waals surface area contributed by atoms with Crippen molar-refractivity contribution in [2.24, 2.45) is 29.6 Å². The van der Waals surface area contributed by atoms with Gasteiger partial charge in [0.15, 0.2) is 0 Å². The summed E-state index contributed by atoms with van der Waals surface area (Å²) in [5.41, 5.74) is 1.49. The first-order valence-corrected chi connectivity index (χ1v) is 14.3. The summed E-state index contributed by atoms with van der Waals surface area (Å²) >= 11 is 0. The molecule has 0 bridgehead atoms. The molecule has 3 aliphatic rings. The van der Waals surface area contributed by atoms with Gasteiger partial charge in [0.2, 0.25) is 0 Å². The van der Waals surface area contributed by atoms with E-state index < -0.39 is 0 Å². The molecular weight excluding hydrogens is 400 g/mol. The lowest BCUT2D eigenvalue weighted by Crippen LogP contribution is -2.24. The van der Waals surface area contributed by atoms with E-state index in [9.17, 15) is 0 Å². The fraction of sp³-hybridized carbons (Fsp3) is 0.688. The van der Waals surface area contributed by atoms with E-state index in [1.54, 1.807) is 0 Å². The molecule has 0 amide bonds. The topological polar surface area (TPSA) is 9.23 Å². The molecule has 1 aromatic carbocycles. The number of hydrogen-bond acceptors (Lipinski definition) is 1. The van der Waals surface area contributed by atoms with Crippen molar-refractivity contribution < 1.29 is 4.74 Å². The van der Waals surface area contributed by atoms with Crippen LogP contribution in [0.4, 0.5) is 0 Å². The highest BCUT2D eigenvalue weighted by atomic mass is 16.5. The molecule has 2 unspecified atom stereocenters. The van der Waals surface area contributed by atoms with E-state index in [4.69, 9.17) is 4.74 Å². The number of hydrogen-bond donors (Lipinski definition) is 0. The monoisotopic (exact) mass is 448 g/mol. The summed E-state index contributed by atoms with van der Waals surface area (Å²) in [5.74, 6) is 5.87. The van der Waals surface area contributed by atoms with Crippen molar-refractivity contribution in [3.63, 3.8) is 0 Å². The van der Waals surface area contributed by atoms with Crippen LogP contribution < -0.4 is 4.74 Å². The van der Waals surface area contributed by atoms with Crippen molar-refractivity contribution in [3.8, 4) is 5.75 Å². The highest BCUT2D eigenvalue weighted by molar-refractivity contribution is 5.30. The van der Waals surface area contributed by atoms with Crippen molar-refractivity contribution in [2.75, 3.05) is 6.61 Å². The highest BCUT2D eigenvalue weighted by Gasteiger charge is 2.28. The number of allylic oxidation sites excluding steroid dienone is 2. The lowest BCUT2D eigenvalue weighted by Gasteiger charge is -2.35. The van der Waals surface area contributed by atoms with Crippen LogP contribution in [-0.2, 0) is 0 Å². The van der Waals surface area contributed by atoms with Crippen LogP contribution in [0.1, 0.15) is 108 Å². The van der Waals surface area contributed by atoms with Crippen LogP contribution in [0.5, 0.6) is 5.75 Å². The maximum Gasteiger partial charge on any atom is 0.119 e. The molecule has 0 aliphatic heterocycles. The van der Waals surface area contributed by atoms with Crippen LogP contribution in [-0.4, -0.2) is 6.61 Å². The summed E-state index contributed by atoms with van der Waals surface area (Å²) in [6.07, 6.45) is 26.6. The SMILES string of the molecule is C=CC1CCC(c2ccc(OCC3C=CC(C4CCC(CCCCC)CC4)CC3)cc2)CC1. The Labute approximate surface area is 204 Å². The van der Waals surface area contributed by atoms with E-state index in [0.29, 0.717) is 5.92 Å². The quantitative estimate of drug-likeness (QED) is 0.256. The van der Waals surface area contributed by atoms with E-state index in [0.717, 1.165) is 41.9 Å². The van der Waals surface area contributed by atoms with Crippen LogP contribution in [0.15, 0.2) is 49.1 Å². The molecule has 33 heavy (non-hydrogen) atoms. The molecule has 182 valence electrons. The van der Waals surface area contributed by atoms with Gasteiger partial charge in [-0.05, 0) is 98.7 Å². The summed E-state index contributed by atoms with van der Waals surface area (Å²) < 4.78 is 6.20. The minimum absolute atomic E-state index is 0.584. The molecule has 3 aliphatic carbocycles. The van der Waals surface area contributed by atoms with Crippen LogP contribution in [0.2, 0.25) is 0 Å². The second kappa shape index (κ2) is 12.8. The fourth-order valence-corrected chi connectivity index (χ4v) is 6.75. The van der Waals surface area contributed by atoms with Gasteiger partial charge >= 0.3 is 0 Å². The van der Waals surface area contributed by atoms with Gasteiger partial charge in [-0.25, -0.2) is 0 Å².